The van der Waals surface area contributed by atoms with Crippen LogP contribution in [0, 0.1) is 0 Å². The molecule has 2 aromatic carbocycles. The molecule has 1 fully saturated rings. The number of nitrogens with zero attached hydrogens (tertiary/aromatic N) is 1. The highest BCUT2D eigenvalue weighted by Crippen LogP contribution is 2.56. The zero-order valence-electron chi connectivity index (χ0n) is 12.5. The lowest BCUT2D eigenvalue weighted by Gasteiger charge is -2.19. The number of benzene rings is 2. The predicted molar refractivity (Wildman–Crippen MR) is 85.5 cm³/mol. The van der Waals surface area contributed by atoms with E-state index in [0.29, 0.717) is 11.1 Å². The van der Waals surface area contributed by atoms with Gasteiger partial charge < -0.3 is 4.90 Å². The Balaban J connectivity index is 1.78. The maximum absolute atomic E-state index is 13.0. The highest BCUT2D eigenvalue weighted by atomic mass is 16.2. The van der Waals surface area contributed by atoms with E-state index in [2.05, 4.69) is 6.07 Å². The van der Waals surface area contributed by atoms with E-state index in [-0.39, 0.29) is 17.1 Å². The van der Waals surface area contributed by atoms with Crippen molar-refractivity contribution in [3.05, 3.63) is 65.2 Å². The van der Waals surface area contributed by atoms with Crippen LogP contribution in [-0.2, 0) is 5.41 Å². The average Bonchev–Trinajstić information content (AvgIpc) is 3.25. The Labute approximate surface area is 129 Å². The van der Waals surface area contributed by atoms with Crippen LogP contribution in [0.15, 0.2) is 48.5 Å². The molecule has 0 N–H and O–H groups in total. The highest BCUT2D eigenvalue weighted by molar-refractivity contribution is 6.14. The Morgan fingerprint density at radius 2 is 1.59 bits per heavy atom. The van der Waals surface area contributed by atoms with Crippen LogP contribution >= 0.6 is 0 Å². The third-order valence-electron chi connectivity index (χ3n) is 4.86. The average molecular weight is 291 g/mol. The molecule has 4 rings (SSSR count). The molecule has 1 amide bonds. The minimum atomic E-state index is -0.0717. The topological polar surface area (TPSA) is 37.4 Å². The Bertz CT molecular complexity index is 790. The fraction of sp³-hybridized carbons (Fsp3) is 0.263. The van der Waals surface area contributed by atoms with Crippen LogP contribution in [-0.4, -0.2) is 18.2 Å². The molecule has 1 saturated carbocycles. The van der Waals surface area contributed by atoms with Crippen LogP contribution in [0.3, 0.4) is 0 Å². The number of para-hydroxylation sites is 1. The summed E-state index contributed by atoms with van der Waals surface area (Å²) in [7, 11) is 0. The number of carbonyl (C=O) groups excluding carboxylic acids is 2. The van der Waals surface area contributed by atoms with Gasteiger partial charge in [0.25, 0.3) is 5.91 Å². The van der Waals surface area contributed by atoms with Gasteiger partial charge in [0.05, 0.1) is 5.56 Å². The van der Waals surface area contributed by atoms with Gasteiger partial charge in [-0.2, -0.15) is 0 Å². The lowest BCUT2D eigenvalue weighted by atomic mass is 9.99. The zero-order valence-corrected chi connectivity index (χ0v) is 12.5. The first-order chi connectivity index (χ1) is 10.6. The van der Waals surface area contributed by atoms with Gasteiger partial charge in [-0.1, -0.05) is 36.4 Å². The summed E-state index contributed by atoms with van der Waals surface area (Å²) in [6, 6.07) is 15.2. The molecule has 3 heteroatoms. The van der Waals surface area contributed by atoms with Gasteiger partial charge in [-0.25, -0.2) is 0 Å². The number of amides is 1. The van der Waals surface area contributed by atoms with Crippen molar-refractivity contribution < 1.29 is 9.59 Å². The second-order valence-electron chi connectivity index (χ2n) is 6.29. The molecule has 0 saturated heterocycles. The minimum Gasteiger partial charge on any atom is -0.307 e. The van der Waals surface area contributed by atoms with Crippen molar-refractivity contribution in [1.82, 2.24) is 0 Å². The molecule has 3 nitrogen and oxygen atoms in total. The number of hydrogen-bond acceptors (Lipinski definition) is 2. The van der Waals surface area contributed by atoms with Crippen LogP contribution < -0.4 is 4.90 Å². The molecule has 110 valence electrons. The monoisotopic (exact) mass is 291 g/mol. The van der Waals surface area contributed by atoms with E-state index < -0.39 is 0 Å². The van der Waals surface area contributed by atoms with E-state index in [1.165, 1.54) is 12.5 Å². The summed E-state index contributed by atoms with van der Waals surface area (Å²) in [5.41, 5.74) is 3.45. The molecule has 2 aliphatic rings. The molecule has 1 spiro atoms. The van der Waals surface area contributed by atoms with Crippen LogP contribution in [0.25, 0.3) is 0 Å². The van der Waals surface area contributed by atoms with E-state index in [0.717, 1.165) is 25.1 Å². The molecule has 0 aromatic heterocycles. The normalized spacial score (nSPS) is 17.4. The van der Waals surface area contributed by atoms with Gasteiger partial charge in [0.1, 0.15) is 0 Å². The number of fused-ring (bicyclic) bond motifs is 2. The second kappa shape index (κ2) is 4.54. The minimum absolute atomic E-state index is 0.0676. The van der Waals surface area contributed by atoms with Crippen molar-refractivity contribution in [2.24, 2.45) is 0 Å². The Hall–Kier alpha value is -2.42. The summed E-state index contributed by atoms with van der Waals surface area (Å²) in [5.74, 6) is -0.139. The molecule has 0 unspecified atom stereocenters. The number of anilines is 1. The molecule has 1 aliphatic heterocycles. The molecule has 1 heterocycles. The first-order valence-corrected chi connectivity index (χ1v) is 7.64. The van der Waals surface area contributed by atoms with Crippen molar-refractivity contribution in [2.45, 2.75) is 25.2 Å². The predicted octanol–water partition coefficient (Wildman–Crippen LogP) is 3.58. The van der Waals surface area contributed by atoms with Gasteiger partial charge in [-0.15, -0.1) is 0 Å². The Morgan fingerprint density at radius 3 is 2.27 bits per heavy atom. The van der Waals surface area contributed by atoms with Gasteiger partial charge in [0.2, 0.25) is 0 Å². The molecule has 22 heavy (non-hydrogen) atoms. The first-order valence-electron chi connectivity index (χ1n) is 7.64. The Morgan fingerprint density at radius 1 is 0.955 bits per heavy atom. The zero-order chi connectivity index (χ0) is 15.3. The standard InChI is InChI=1S/C19H17NO2/c1-13(21)14-6-2-3-7-15(14)18(22)20-12-19(10-11-19)16-8-4-5-9-17(16)20/h2-9H,10-12H2,1H3. The molecule has 1 aliphatic carbocycles. The molecular formula is C19H17NO2. The third-order valence-corrected chi connectivity index (χ3v) is 4.86. The van der Waals surface area contributed by atoms with Gasteiger partial charge in [0.15, 0.2) is 5.78 Å². The largest absolute Gasteiger partial charge is 0.307 e. The SMILES string of the molecule is CC(=O)c1ccccc1C(=O)N1CC2(CC2)c2ccccc21. The summed E-state index contributed by atoms with van der Waals surface area (Å²) in [4.78, 5) is 26.7. The number of ketones is 1. The Kier molecular flexibility index (Phi) is 2.73. The van der Waals surface area contributed by atoms with Crippen molar-refractivity contribution in [2.75, 3.05) is 11.4 Å². The maximum atomic E-state index is 13.0. The van der Waals surface area contributed by atoms with Crippen LogP contribution in [0.5, 0.6) is 0 Å². The van der Waals surface area contributed by atoms with Crippen molar-refractivity contribution in [3.8, 4) is 0 Å². The van der Waals surface area contributed by atoms with Gasteiger partial charge >= 0.3 is 0 Å². The summed E-state index contributed by atoms with van der Waals surface area (Å²) >= 11 is 0. The first kappa shape index (κ1) is 13.3. The summed E-state index contributed by atoms with van der Waals surface area (Å²) in [5, 5.41) is 0. The number of Topliss-reactive ketones (excluding diaryl/α,β-unsaturated/α-hetero) is 1. The maximum Gasteiger partial charge on any atom is 0.259 e. The van der Waals surface area contributed by atoms with Crippen LogP contribution in [0.1, 0.15) is 46.0 Å². The van der Waals surface area contributed by atoms with E-state index in [4.69, 9.17) is 0 Å². The molecule has 0 atom stereocenters. The van der Waals surface area contributed by atoms with Crippen molar-refractivity contribution >= 4 is 17.4 Å². The molecule has 2 aromatic rings. The van der Waals surface area contributed by atoms with Crippen LogP contribution in [0.2, 0.25) is 0 Å². The van der Waals surface area contributed by atoms with Gasteiger partial charge in [0, 0.05) is 23.2 Å². The van der Waals surface area contributed by atoms with Gasteiger partial charge in [-0.05, 0) is 37.5 Å². The molecular weight excluding hydrogens is 274 g/mol. The number of hydrogen-bond donors (Lipinski definition) is 0. The summed E-state index contributed by atoms with van der Waals surface area (Å²) in [6.45, 7) is 2.24. The molecule has 0 bridgehead atoms. The van der Waals surface area contributed by atoms with Crippen molar-refractivity contribution in [3.63, 3.8) is 0 Å². The summed E-state index contributed by atoms with van der Waals surface area (Å²) < 4.78 is 0. The van der Waals surface area contributed by atoms with Gasteiger partial charge in [-0.3, -0.25) is 9.59 Å². The third kappa shape index (κ3) is 1.82. The van der Waals surface area contributed by atoms with E-state index in [1.807, 2.05) is 29.2 Å². The quantitative estimate of drug-likeness (QED) is 0.793. The summed E-state index contributed by atoms with van der Waals surface area (Å²) in [6.07, 6.45) is 2.28. The van der Waals surface area contributed by atoms with E-state index >= 15 is 0 Å². The fourth-order valence-electron chi connectivity index (χ4n) is 3.51. The smallest absolute Gasteiger partial charge is 0.259 e. The molecule has 0 radical (unpaired) electrons. The lowest BCUT2D eigenvalue weighted by Crippen LogP contribution is -2.32. The van der Waals surface area contributed by atoms with Crippen LogP contribution in [0.4, 0.5) is 5.69 Å². The highest BCUT2D eigenvalue weighted by Gasteiger charge is 2.52. The second-order valence-corrected chi connectivity index (χ2v) is 6.29. The van der Waals surface area contributed by atoms with E-state index in [9.17, 15) is 9.59 Å². The number of rotatable bonds is 2. The lowest BCUT2D eigenvalue weighted by molar-refractivity contribution is 0.0965. The van der Waals surface area contributed by atoms with Crippen molar-refractivity contribution in [1.29, 1.82) is 0 Å². The number of carbonyl (C=O) groups is 2. The van der Waals surface area contributed by atoms with E-state index in [1.54, 1.807) is 18.2 Å². The fourth-order valence-corrected chi connectivity index (χ4v) is 3.51.